The smallest absolute Gasteiger partial charge is 0.472 e. The molecule has 0 aromatic carbocycles. The van der Waals surface area contributed by atoms with E-state index in [4.69, 9.17) is 24.8 Å². The van der Waals surface area contributed by atoms with E-state index >= 15 is 0 Å². The quantitative estimate of drug-likeness (QED) is 0.0270. The molecular weight excluding hydrogens is 625 g/mol. The normalized spacial score (nSPS) is 14.5. The van der Waals surface area contributed by atoms with Crippen molar-refractivity contribution in [2.75, 3.05) is 19.8 Å². The number of hydrogen-bond acceptors (Lipinski definition) is 9. The van der Waals surface area contributed by atoms with Gasteiger partial charge in [0.1, 0.15) is 12.6 Å². The minimum atomic E-state index is -4.71. The van der Waals surface area contributed by atoms with Gasteiger partial charge in [0.15, 0.2) is 6.10 Å². The van der Waals surface area contributed by atoms with E-state index in [1.807, 2.05) is 0 Å². The molecule has 0 bridgehead atoms. The Bertz CT molecular complexity index is 953. The van der Waals surface area contributed by atoms with Crippen LogP contribution in [0.4, 0.5) is 0 Å². The lowest BCUT2D eigenvalue weighted by Gasteiger charge is -2.20. The number of allylic oxidation sites excluding steroid dienone is 6. The topological polar surface area (TPSA) is 172 Å². The molecule has 3 atom stereocenters. The zero-order valence-electron chi connectivity index (χ0n) is 28.9. The number of carboxylic acids is 1. The van der Waals surface area contributed by atoms with Crippen LogP contribution in [0.15, 0.2) is 36.5 Å². The third kappa shape index (κ3) is 30.8. The van der Waals surface area contributed by atoms with Gasteiger partial charge >= 0.3 is 25.7 Å². The van der Waals surface area contributed by atoms with Crippen molar-refractivity contribution in [3.05, 3.63) is 36.5 Å². The molecule has 0 fully saturated rings. The second-order valence-electron chi connectivity index (χ2n) is 11.7. The molecule has 12 heteroatoms. The Morgan fingerprint density at radius 3 is 1.72 bits per heavy atom. The SMILES string of the molecule is CCCCC/C=C/C/C=C/C/C=C/CCCCC(=O)OC[C@@H](COP(=O)(O)OC[C@@H](N)C(=O)O)OC(=O)CCCCCCCCCC. The van der Waals surface area contributed by atoms with Crippen LogP contribution in [-0.4, -0.2) is 59.9 Å². The van der Waals surface area contributed by atoms with Crippen molar-refractivity contribution in [3.8, 4) is 0 Å². The maximum Gasteiger partial charge on any atom is 0.472 e. The zero-order valence-corrected chi connectivity index (χ0v) is 29.8. The molecule has 0 aliphatic heterocycles. The van der Waals surface area contributed by atoms with Crippen molar-refractivity contribution in [1.29, 1.82) is 0 Å². The summed E-state index contributed by atoms with van der Waals surface area (Å²) in [5, 5.41) is 8.82. The first-order valence-corrected chi connectivity index (χ1v) is 19.0. The zero-order chi connectivity index (χ0) is 35.0. The van der Waals surface area contributed by atoms with Crippen LogP contribution in [0.3, 0.4) is 0 Å². The van der Waals surface area contributed by atoms with Gasteiger partial charge in [-0.3, -0.25) is 23.4 Å². The van der Waals surface area contributed by atoms with Crippen molar-refractivity contribution in [2.45, 2.75) is 148 Å². The Labute approximate surface area is 282 Å². The van der Waals surface area contributed by atoms with E-state index in [9.17, 15) is 23.8 Å². The van der Waals surface area contributed by atoms with Gasteiger partial charge in [0, 0.05) is 12.8 Å². The van der Waals surface area contributed by atoms with E-state index in [0.29, 0.717) is 12.8 Å². The van der Waals surface area contributed by atoms with Gasteiger partial charge in [-0.15, -0.1) is 0 Å². The second kappa shape index (κ2) is 31.0. The van der Waals surface area contributed by atoms with Gasteiger partial charge in [-0.25, -0.2) is 4.57 Å². The number of carboxylic acid groups (broad SMARTS) is 1. The molecular formula is C35H62NO10P. The highest BCUT2D eigenvalue weighted by Gasteiger charge is 2.28. The van der Waals surface area contributed by atoms with E-state index in [2.05, 4.69) is 54.8 Å². The van der Waals surface area contributed by atoms with Crippen molar-refractivity contribution in [2.24, 2.45) is 5.73 Å². The number of rotatable bonds is 32. The molecule has 0 saturated carbocycles. The van der Waals surface area contributed by atoms with Gasteiger partial charge in [0.2, 0.25) is 0 Å². The average molecular weight is 688 g/mol. The van der Waals surface area contributed by atoms with Crippen LogP contribution in [-0.2, 0) is 37.5 Å². The molecule has 0 rings (SSSR count). The summed E-state index contributed by atoms with van der Waals surface area (Å²) in [6.45, 7) is 2.65. The number of hydrogen-bond donors (Lipinski definition) is 3. The summed E-state index contributed by atoms with van der Waals surface area (Å²) < 4.78 is 32.3. The molecule has 272 valence electrons. The summed E-state index contributed by atoms with van der Waals surface area (Å²) in [7, 11) is -4.71. The Hall–Kier alpha value is -2.30. The number of unbranched alkanes of at least 4 members (excludes halogenated alkanes) is 12. The number of nitrogens with two attached hydrogens (primary N) is 1. The third-order valence-electron chi connectivity index (χ3n) is 7.14. The number of esters is 2. The second-order valence-corrected chi connectivity index (χ2v) is 13.1. The van der Waals surface area contributed by atoms with Crippen LogP contribution in [0.5, 0.6) is 0 Å². The Morgan fingerprint density at radius 2 is 1.13 bits per heavy atom. The molecule has 0 aliphatic carbocycles. The molecule has 0 spiro atoms. The van der Waals surface area contributed by atoms with Crippen molar-refractivity contribution in [3.63, 3.8) is 0 Å². The first kappa shape index (κ1) is 44.7. The average Bonchev–Trinajstić information content (AvgIpc) is 3.04. The highest BCUT2D eigenvalue weighted by atomic mass is 31.2. The molecule has 0 aromatic rings. The number of carbonyl (C=O) groups is 3. The molecule has 1 unspecified atom stereocenters. The fraction of sp³-hybridized carbons (Fsp3) is 0.743. The van der Waals surface area contributed by atoms with Crippen LogP contribution >= 0.6 is 7.82 Å². The number of aliphatic carboxylic acids is 1. The van der Waals surface area contributed by atoms with Crippen molar-refractivity contribution >= 4 is 25.7 Å². The first-order chi connectivity index (χ1) is 22.6. The van der Waals surface area contributed by atoms with Crippen LogP contribution < -0.4 is 5.73 Å². The standard InChI is InChI=1S/C35H62NO10P/c1-3-5-7-9-11-13-14-15-16-17-18-19-21-22-24-26-33(37)43-28-31(29-44-47(41,42)45-30-32(36)35(39)40)46-34(38)27-25-23-20-12-10-8-6-4-2/h11,13,15-16,18-19,31-32H,3-10,12,14,17,20-30,36H2,1-2H3,(H,39,40)(H,41,42)/b13-11+,16-15+,19-18+/t31-,32+/m0/s1. The molecule has 0 radical (unpaired) electrons. The van der Waals surface area contributed by atoms with Gasteiger partial charge in [-0.05, 0) is 51.4 Å². The van der Waals surface area contributed by atoms with Gasteiger partial charge < -0.3 is 25.2 Å². The Balaban J connectivity index is 4.52. The van der Waals surface area contributed by atoms with Crippen molar-refractivity contribution < 1.29 is 47.5 Å². The summed E-state index contributed by atoms with van der Waals surface area (Å²) in [5.74, 6) is -2.44. The number of phosphoric ester groups is 1. The molecule has 0 amide bonds. The van der Waals surface area contributed by atoms with E-state index in [0.717, 1.165) is 51.4 Å². The van der Waals surface area contributed by atoms with E-state index in [-0.39, 0.29) is 19.4 Å². The Morgan fingerprint density at radius 1 is 0.660 bits per heavy atom. The fourth-order valence-electron chi connectivity index (χ4n) is 4.30. The lowest BCUT2D eigenvalue weighted by atomic mass is 10.1. The van der Waals surface area contributed by atoms with Gasteiger partial charge in [0.25, 0.3) is 0 Å². The first-order valence-electron chi connectivity index (χ1n) is 17.5. The lowest BCUT2D eigenvalue weighted by molar-refractivity contribution is -0.161. The molecule has 11 nitrogen and oxygen atoms in total. The summed E-state index contributed by atoms with van der Waals surface area (Å²) in [6.07, 6.45) is 29.6. The highest BCUT2D eigenvalue weighted by Crippen LogP contribution is 2.43. The van der Waals surface area contributed by atoms with E-state index in [1.165, 1.54) is 44.9 Å². The van der Waals surface area contributed by atoms with Gasteiger partial charge in [0.05, 0.1) is 13.2 Å². The maximum absolute atomic E-state index is 12.4. The van der Waals surface area contributed by atoms with Crippen LogP contribution in [0, 0.1) is 0 Å². The lowest BCUT2D eigenvalue weighted by Crippen LogP contribution is -2.34. The predicted octanol–water partition coefficient (Wildman–Crippen LogP) is 8.11. The van der Waals surface area contributed by atoms with Crippen molar-refractivity contribution in [1.82, 2.24) is 0 Å². The molecule has 47 heavy (non-hydrogen) atoms. The monoisotopic (exact) mass is 687 g/mol. The largest absolute Gasteiger partial charge is 0.480 e. The minimum absolute atomic E-state index is 0.152. The van der Waals surface area contributed by atoms with Gasteiger partial charge in [-0.2, -0.15) is 0 Å². The number of ether oxygens (including phenoxy) is 2. The van der Waals surface area contributed by atoms with Gasteiger partial charge in [-0.1, -0.05) is 108 Å². The molecule has 0 aromatic heterocycles. The minimum Gasteiger partial charge on any atom is -0.480 e. The number of phosphoric acid groups is 1. The summed E-state index contributed by atoms with van der Waals surface area (Å²) in [6, 6.07) is -1.52. The Kier molecular flexibility index (Phi) is 29.5. The van der Waals surface area contributed by atoms with Crippen LogP contribution in [0.1, 0.15) is 136 Å². The molecule has 0 saturated heterocycles. The summed E-state index contributed by atoms with van der Waals surface area (Å²) >= 11 is 0. The maximum atomic E-state index is 12.4. The number of carbonyl (C=O) groups excluding carboxylic acids is 2. The predicted molar refractivity (Wildman–Crippen MR) is 185 cm³/mol. The third-order valence-corrected chi connectivity index (χ3v) is 8.09. The fourth-order valence-corrected chi connectivity index (χ4v) is 5.08. The summed E-state index contributed by atoms with van der Waals surface area (Å²) in [4.78, 5) is 45.5. The molecule has 0 heterocycles. The van der Waals surface area contributed by atoms with Crippen LogP contribution in [0.2, 0.25) is 0 Å². The van der Waals surface area contributed by atoms with E-state index in [1.54, 1.807) is 0 Å². The summed E-state index contributed by atoms with van der Waals surface area (Å²) in [5.41, 5.74) is 5.29. The molecule has 4 N–H and O–H groups in total. The van der Waals surface area contributed by atoms with Crippen LogP contribution in [0.25, 0.3) is 0 Å². The van der Waals surface area contributed by atoms with E-state index < -0.39 is 51.1 Å². The molecule has 0 aliphatic rings. The highest BCUT2D eigenvalue weighted by molar-refractivity contribution is 7.47.